The molecule has 0 radical (unpaired) electrons. The maximum absolute atomic E-state index is 11.9. The van der Waals surface area contributed by atoms with Crippen LogP contribution in [-0.4, -0.2) is 239 Å². The molecule has 2 N–H and O–H groups in total. The number of carbonyl (C=O) groups excluding carboxylic acids is 2. The van der Waals surface area contributed by atoms with Crippen molar-refractivity contribution in [2.45, 2.75) is 26.4 Å². The smallest absolute Gasteiger partial charge is 0.410 e. The molecule has 0 aromatic rings. The van der Waals surface area contributed by atoms with Gasteiger partial charge in [0.25, 0.3) is 0 Å². The number of aliphatic carboxylic acids is 1. The lowest BCUT2D eigenvalue weighted by atomic mass is 10.2. The molecule has 0 atom stereocenters. The fraction of sp³-hybridized carbons (Fsp3) is 0.921. The lowest BCUT2D eigenvalue weighted by Gasteiger charge is -2.24. The molecule has 0 fully saturated rings. The minimum Gasteiger partial charge on any atom is -0.480 e. The summed E-state index contributed by atoms with van der Waals surface area (Å²) in [6, 6.07) is 0. The number of carbonyl (C=O) groups is 3. The normalized spacial score (nSPS) is 11.6. The molecule has 350 valence electrons. The molecule has 0 saturated heterocycles. The molecule has 21 nitrogen and oxygen atoms in total. The zero-order valence-corrected chi connectivity index (χ0v) is 36.0. The van der Waals surface area contributed by atoms with Crippen molar-refractivity contribution >= 4 is 18.0 Å². The van der Waals surface area contributed by atoms with Crippen LogP contribution in [0.2, 0.25) is 0 Å². The molecule has 2 amide bonds. The quantitative estimate of drug-likeness (QED) is 0.0785. The lowest BCUT2D eigenvalue weighted by Crippen LogP contribution is -2.36. The Morgan fingerprint density at radius 3 is 0.966 bits per heavy atom. The zero-order valence-electron chi connectivity index (χ0n) is 36.0. The van der Waals surface area contributed by atoms with Crippen LogP contribution in [0.15, 0.2) is 0 Å². The minimum atomic E-state index is -1.13. The predicted octanol–water partition coefficient (Wildman–Crippen LogP) is 0.287. The molecular weight excluding hydrogens is 788 g/mol. The summed E-state index contributed by atoms with van der Waals surface area (Å²) in [6.07, 6.45) is -0.372. The third-order valence-corrected chi connectivity index (χ3v) is 6.77. The zero-order chi connectivity index (χ0) is 43.3. The molecule has 0 aromatic heterocycles. The van der Waals surface area contributed by atoms with Crippen LogP contribution in [0.5, 0.6) is 0 Å². The Bertz CT molecular complexity index is 947. The van der Waals surface area contributed by atoms with Crippen LogP contribution in [0.25, 0.3) is 0 Å². The first-order valence-electron chi connectivity index (χ1n) is 20.1. The molecule has 0 bridgehead atoms. The topological polar surface area (TPSA) is 225 Å². The van der Waals surface area contributed by atoms with E-state index in [-0.39, 0.29) is 12.7 Å². The van der Waals surface area contributed by atoms with Gasteiger partial charge in [0.1, 0.15) is 18.8 Å². The summed E-state index contributed by atoms with van der Waals surface area (Å²) in [6.45, 7) is 17.1. The van der Waals surface area contributed by atoms with Gasteiger partial charge in [0, 0.05) is 20.1 Å². The van der Waals surface area contributed by atoms with Gasteiger partial charge in [0.15, 0.2) is 0 Å². The Morgan fingerprint density at radius 2 is 0.695 bits per heavy atom. The van der Waals surface area contributed by atoms with E-state index < -0.39 is 24.1 Å². The molecule has 0 aliphatic heterocycles. The highest BCUT2D eigenvalue weighted by Crippen LogP contribution is 2.08. The molecule has 0 aliphatic carbocycles. The van der Waals surface area contributed by atoms with Crippen molar-refractivity contribution in [2.75, 3.05) is 205 Å². The summed E-state index contributed by atoms with van der Waals surface area (Å²) < 4.78 is 80.9. The number of hydrogen-bond acceptors (Lipinski definition) is 18. The second kappa shape index (κ2) is 43.7. The third kappa shape index (κ3) is 48.2. The van der Waals surface area contributed by atoms with Gasteiger partial charge in [-0.1, -0.05) is 0 Å². The Labute approximate surface area is 350 Å². The van der Waals surface area contributed by atoms with E-state index in [0.717, 1.165) is 0 Å². The SMILES string of the molecule is CN(CCOCCOCCOCCOCCOCCOCCOCCOCCOCCOCCOCCOCCOCCNC(=O)COCC(=O)O)C(=O)OC(C)(C)C. The number of nitrogens with one attached hydrogen (secondary N) is 1. The van der Waals surface area contributed by atoms with E-state index in [1.807, 2.05) is 20.8 Å². The Hall–Kier alpha value is -2.35. The van der Waals surface area contributed by atoms with E-state index in [2.05, 4.69) is 10.1 Å². The summed E-state index contributed by atoms with van der Waals surface area (Å²) in [5.74, 6) is -1.53. The van der Waals surface area contributed by atoms with E-state index in [1.54, 1.807) is 7.05 Å². The number of amides is 2. The van der Waals surface area contributed by atoms with Gasteiger partial charge >= 0.3 is 12.1 Å². The predicted molar refractivity (Wildman–Crippen MR) is 211 cm³/mol. The summed E-state index contributed by atoms with van der Waals surface area (Å²) in [5.41, 5.74) is -0.519. The van der Waals surface area contributed by atoms with Gasteiger partial charge in [-0.3, -0.25) is 4.79 Å². The van der Waals surface area contributed by atoms with Gasteiger partial charge in [-0.15, -0.1) is 0 Å². The van der Waals surface area contributed by atoms with Crippen LogP contribution in [0.1, 0.15) is 20.8 Å². The van der Waals surface area contributed by atoms with Crippen molar-refractivity contribution < 1.29 is 90.5 Å². The van der Waals surface area contributed by atoms with Crippen LogP contribution in [0.3, 0.4) is 0 Å². The number of ether oxygens (including phenoxy) is 15. The molecule has 0 heterocycles. The van der Waals surface area contributed by atoms with E-state index in [9.17, 15) is 14.4 Å². The summed E-state index contributed by atoms with van der Waals surface area (Å²) in [7, 11) is 1.68. The highest BCUT2D eigenvalue weighted by Gasteiger charge is 2.19. The van der Waals surface area contributed by atoms with E-state index in [1.165, 1.54) is 4.90 Å². The number of hydrogen-bond donors (Lipinski definition) is 2. The fourth-order valence-corrected chi connectivity index (χ4v) is 3.92. The van der Waals surface area contributed by atoms with Gasteiger partial charge in [0.05, 0.1) is 172 Å². The van der Waals surface area contributed by atoms with Crippen LogP contribution >= 0.6 is 0 Å². The first kappa shape index (κ1) is 56.6. The number of likely N-dealkylation sites (N-methyl/N-ethyl adjacent to an activating group) is 1. The van der Waals surface area contributed by atoms with Gasteiger partial charge in [0.2, 0.25) is 5.91 Å². The molecule has 0 aromatic carbocycles. The monoisotopic (exact) mass is 862 g/mol. The number of carboxylic acid groups (broad SMARTS) is 1. The van der Waals surface area contributed by atoms with Crippen molar-refractivity contribution in [3.63, 3.8) is 0 Å². The Balaban J connectivity index is 3.15. The number of carboxylic acids is 1. The summed E-state index contributed by atoms with van der Waals surface area (Å²) in [4.78, 5) is 35.0. The van der Waals surface area contributed by atoms with Crippen LogP contribution in [0, 0.1) is 0 Å². The summed E-state index contributed by atoms with van der Waals surface area (Å²) in [5, 5.41) is 11.0. The molecule has 59 heavy (non-hydrogen) atoms. The van der Waals surface area contributed by atoms with Gasteiger partial charge in [-0.05, 0) is 20.8 Å². The van der Waals surface area contributed by atoms with Crippen LogP contribution in [-0.2, 0) is 80.6 Å². The Kier molecular flexibility index (Phi) is 42.0. The molecule has 0 rings (SSSR count). The largest absolute Gasteiger partial charge is 0.480 e. The van der Waals surface area contributed by atoms with Crippen LogP contribution in [0.4, 0.5) is 4.79 Å². The highest BCUT2D eigenvalue weighted by molar-refractivity contribution is 5.77. The van der Waals surface area contributed by atoms with Crippen molar-refractivity contribution in [2.24, 2.45) is 0 Å². The number of rotatable bonds is 46. The average Bonchev–Trinajstić information content (AvgIpc) is 3.19. The van der Waals surface area contributed by atoms with Crippen molar-refractivity contribution in [1.29, 1.82) is 0 Å². The maximum Gasteiger partial charge on any atom is 0.410 e. The third-order valence-electron chi connectivity index (χ3n) is 6.77. The highest BCUT2D eigenvalue weighted by atomic mass is 16.6. The standard InChI is InChI=1S/C38H74N2O19/c1-38(2,3)59-37(44)40(4)6-8-46-10-12-48-14-16-50-18-20-52-22-24-54-26-28-56-30-32-57-31-29-55-27-25-53-23-21-51-19-17-49-15-13-47-11-9-45-7-5-39-35(41)33-58-34-36(42)43/h5-34H2,1-4H3,(H,39,41)(H,42,43). The lowest BCUT2D eigenvalue weighted by molar-refractivity contribution is -0.143. The maximum atomic E-state index is 11.9. The molecule has 0 aliphatic rings. The van der Waals surface area contributed by atoms with E-state index in [0.29, 0.717) is 185 Å². The van der Waals surface area contributed by atoms with Crippen molar-refractivity contribution in [3.05, 3.63) is 0 Å². The van der Waals surface area contributed by atoms with Gasteiger partial charge in [-0.2, -0.15) is 0 Å². The van der Waals surface area contributed by atoms with E-state index >= 15 is 0 Å². The fourth-order valence-electron chi connectivity index (χ4n) is 3.92. The van der Waals surface area contributed by atoms with Crippen molar-refractivity contribution in [1.82, 2.24) is 10.2 Å². The molecule has 0 unspecified atom stereocenters. The molecule has 0 spiro atoms. The van der Waals surface area contributed by atoms with Crippen molar-refractivity contribution in [3.8, 4) is 0 Å². The minimum absolute atomic E-state index is 0.294. The second-order valence-corrected chi connectivity index (χ2v) is 13.1. The summed E-state index contributed by atoms with van der Waals surface area (Å²) >= 11 is 0. The number of nitrogens with zero attached hydrogens (tertiary/aromatic N) is 1. The first-order chi connectivity index (χ1) is 28.6. The average molecular weight is 863 g/mol. The van der Waals surface area contributed by atoms with Crippen LogP contribution < -0.4 is 5.32 Å². The molecule has 21 heteroatoms. The van der Waals surface area contributed by atoms with Gasteiger partial charge in [-0.25, -0.2) is 9.59 Å². The van der Waals surface area contributed by atoms with E-state index in [4.69, 9.17) is 71.4 Å². The molecular formula is C38H74N2O19. The second-order valence-electron chi connectivity index (χ2n) is 13.1. The van der Waals surface area contributed by atoms with Gasteiger partial charge < -0.3 is 86.4 Å². The first-order valence-corrected chi connectivity index (χ1v) is 20.1. The Morgan fingerprint density at radius 1 is 0.424 bits per heavy atom. The molecule has 0 saturated carbocycles.